The molecule has 0 saturated heterocycles. The van der Waals surface area contributed by atoms with E-state index in [4.69, 9.17) is 16.3 Å². The Morgan fingerprint density at radius 3 is 2.56 bits per heavy atom. The highest BCUT2D eigenvalue weighted by molar-refractivity contribution is 7.89. The van der Waals surface area contributed by atoms with Crippen molar-refractivity contribution >= 4 is 33.0 Å². The van der Waals surface area contributed by atoms with Crippen molar-refractivity contribution in [1.29, 1.82) is 0 Å². The van der Waals surface area contributed by atoms with Gasteiger partial charge in [0.2, 0.25) is 0 Å². The predicted molar refractivity (Wildman–Crippen MR) is 128 cm³/mol. The van der Waals surface area contributed by atoms with Gasteiger partial charge in [-0.2, -0.15) is 0 Å². The number of ether oxygens (including phenoxy) is 1. The SMILES string of the molecule is CC(C)COc1cc(C(=O)Nc2ccc(Cl)c(-c3ccccn3)c2)ccc1CS(C)(=O)=O. The standard InChI is InChI=1S/C24H25ClN2O4S/c1-16(2)14-31-23-12-17(7-8-18(23)15-32(3,29)30)24(28)27-19-9-10-21(25)20(13-19)22-6-4-5-11-26-22/h4-13,16H,14-15H2,1-3H3,(H,27,28). The molecule has 8 heteroatoms. The second kappa shape index (κ2) is 10.1. The summed E-state index contributed by atoms with van der Waals surface area (Å²) in [6, 6.07) is 15.5. The van der Waals surface area contributed by atoms with Gasteiger partial charge in [-0.3, -0.25) is 9.78 Å². The van der Waals surface area contributed by atoms with Gasteiger partial charge in [0, 0.05) is 34.8 Å². The molecule has 0 spiro atoms. The summed E-state index contributed by atoms with van der Waals surface area (Å²) in [5.41, 5.74) is 2.84. The molecule has 0 aliphatic rings. The van der Waals surface area contributed by atoms with Crippen molar-refractivity contribution in [2.45, 2.75) is 19.6 Å². The van der Waals surface area contributed by atoms with Gasteiger partial charge in [0.05, 0.1) is 23.1 Å². The molecule has 0 radical (unpaired) electrons. The number of amides is 1. The third kappa shape index (κ3) is 6.55. The highest BCUT2D eigenvalue weighted by Crippen LogP contribution is 2.30. The van der Waals surface area contributed by atoms with Crippen molar-refractivity contribution < 1.29 is 17.9 Å². The molecule has 0 unspecified atom stereocenters. The van der Waals surface area contributed by atoms with Gasteiger partial charge in [-0.25, -0.2) is 8.42 Å². The molecule has 1 amide bonds. The minimum atomic E-state index is -3.25. The first kappa shape index (κ1) is 23.8. The molecular formula is C24H25ClN2O4S. The lowest BCUT2D eigenvalue weighted by molar-refractivity contribution is 0.102. The number of nitrogens with zero attached hydrogens (tertiary/aromatic N) is 1. The van der Waals surface area contributed by atoms with Crippen molar-refractivity contribution in [2.75, 3.05) is 18.2 Å². The second-order valence-corrected chi connectivity index (χ2v) is 10.5. The number of carbonyl (C=O) groups is 1. The van der Waals surface area contributed by atoms with E-state index in [2.05, 4.69) is 10.3 Å². The number of anilines is 1. The second-order valence-electron chi connectivity index (χ2n) is 7.96. The predicted octanol–water partition coefficient (Wildman–Crippen LogP) is 5.23. The number of nitrogens with one attached hydrogen (secondary N) is 1. The molecule has 2 aromatic carbocycles. The molecule has 1 heterocycles. The van der Waals surface area contributed by atoms with E-state index >= 15 is 0 Å². The van der Waals surface area contributed by atoms with E-state index in [1.54, 1.807) is 42.6 Å². The first-order chi connectivity index (χ1) is 15.1. The lowest BCUT2D eigenvalue weighted by atomic mass is 10.1. The van der Waals surface area contributed by atoms with Crippen molar-refractivity contribution in [3.63, 3.8) is 0 Å². The maximum Gasteiger partial charge on any atom is 0.255 e. The molecule has 0 atom stereocenters. The van der Waals surface area contributed by atoms with Crippen LogP contribution >= 0.6 is 11.6 Å². The molecule has 0 aliphatic carbocycles. The van der Waals surface area contributed by atoms with E-state index in [1.807, 2.05) is 32.0 Å². The summed E-state index contributed by atoms with van der Waals surface area (Å²) >= 11 is 6.32. The molecule has 0 fully saturated rings. The van der Waals surface area contributed by atoms with E-state index in [0.717, 1.165) is 0 Å². The van der Waals surface area contributed by atoms with E-state index in [0.29, 0.717) is 45.5 Å². The Morgan fingerprint density at radius 1 is 1.12 bits per heavy atom. The summed E-state index contributed by atoms with van der Waals surface area (Å²) in [5.74, 6) is 0.131. The van der Waals surface area contributed by atoms with E-state index in [9.17, 15) is 13.2 Å². The lowest BCUT2D eigenvalue weighted by Gasteiger charge is -2.15. The topological polar surface area (TPSA) is 85.4 Å². The molecular weight excluding hydrogens is 448 g/mol. The number of pyridine rings is 1. The number of sulfone groups is 1. The normalized spacial score (nSPS) is 11.4. The number of aromatic nitrogens is 1. The molecule has 0 aliphatic heterocycles. The van der Waals surface area contributed by atoms with Crippen LogP contribution in [0.25, 0.3) is 11.3 Å². The fraction of sp³-hybridized carbons (Fsp3) is 0.250. The zero-order chi connectivity index (χ0) is 23.3. The number of benzene rings is 2. The van der Waals surface area contributed by atoms with Crippen molar-refractivity contribution in [3.8, 4) is 17.0 Å². The average Bonchev–Trinajstić information content (AvgIpc) is 2.73. The third-order valence-electron chi connectivity index (χ3n) is 4.48. The van der Waals surface area contributed by atoms with Crippen LogP contribution in [0.4, 0.5) is 5.69 Å². The summed E-state index contributed by atoms with van der Waals surface area (Å²) in [5, 5.41) is 3.38. The van der Waals surface area contributed by atoms with Crippen LogP contribution in [-0.4, -0.2) is 32.2 Å². The van der Waals surface area contributed by atoms with Crippen LogP contribution in [0.5, 0.6) is 5.75 Å². The summed E-state index contributed by atoms with van der Waals surface area (Å²) in [7, 11) is -3.25. The van der Waals surface area contributed by atoms with Gasteiger partial charge in [-0.1, -0.05) is 37.6 Å². The Bertz CT molecular complexity index is 1210. The molecule has 6 nitrogen and oxygen atoms in total. The van der Waals surface area contributed by atoms with E-state index < -0.39 is 9.84 Å². The van der Waals surface area contributed by atoms with Crippen LogP contribution in [0.2, 0.25) is 5.02 Å². The van der Waals surface area contributed by atoms with E-state index in [1.165, 1.54) is 6.26 Å². The van der Waals surface area contributed by atoms with Gasteiger partial charge in [0.15, 0.2) is 9.84 Å². The summed E-state index contributed by atoms with van der Waals surface area (Å²) < 4.78 is 29.4. The van der Waals surface area contributed by atoms with Crippen LogP contribution in [0, 0.1) is 5.92 Å². The van der Waals surface area contributed by atoms with Gasteiger partial charge in [-0.15, -0.1) is 0 Å². The number of carbonyl (C=O) groups excluding carboxylic acids is 1. The minimum Gasteiger partial charge on any atom is -0.493 e. The van der Waals surface area contributed by atoms with Crippen molar-refractivity contribution in [1.82, 2.24) is 4.98 Å². The molecule has 0 saturated carbocycles. The quantitative estimate of drug-likeness (QED) is 0.485. The fourth-order valence-electron chi connectivity index (χ4n) is 3.01. The van der Waals surface area contributed by atoms with Crippen LogP contribution in [0.15, 0.2) is 60.8 Å². The van der Waals surface area contributed by atoms with Crippen LogP contribution < -0.4 is 10.1 Å². The maximum absolute atomic E-state index is 12.9. The molecule has 32 heavy (non-hydrogen) atoms. The number of hydrogen-bond acceptors (Lipinski definition) is 5. The van der Waals surface area contributed by atoms with Gasteiger partial charge in [-0.05, 0) is 48.4 Å². The first-order valence-electron chi connectivity index (χ1n) is 10.1. The van der Waals surface area contributed by atoms with Gasteiger partial charge in [0.25, 0.3) is 5.91 Å². The van der Waals surface area contributed by atoms with Crippen molar-refractivity contribution in [3.05, 3.63) is 76.9 Å². The molecule has 1 N–H and O–H groups in total. The maximum atomic E-state index is 12.9. The van der Waals surface area contributed by atoms with Crippen LogP contribution in [0.3, 0.4) is 0 Å². The van der Waals surface area contributed by atoms with Gasteiger partial charge >= 0.3 is 0 Å². The van der Waals surface area contributed by atoms with Crippen molar-refractivity contribution in [2.24, 2.45) is 5.92 Å². The van der Waals surface area contributed by atoms with Crippen LogP contribution in [0.1, 0.15) is 29.8 Å². The smallest absolute Gasteiger partial charge is 0.255 e. The zero-order valence-corrected chi connectivity index (χ0v) is 19.7. The first-order valence-corrected chi connectivity index (χ1v) is 12.5. The number of halogens is 1. The molecule has 3 aromatic rings. The Labute approximate surface area is 193 Å². The summed E-state index contributed by atoms with van der Waals surface area (Å²) in [4.78, 5) is 17.2. The summed E-state index contributed by atoms with van der Waals surface area (Å²) in [6.45, 7) is 4.39. The average molecular weight is 473 g/mol. The molecule has 3 rings (SSSR count). The highest BCUT2D eigenvalue weighted by Gasteiger charge is 2.16. The number of rotatable bonds is 8. The lowest BCUT2D eigenvalue weighted by Crippen LogP contribution is -2.14. The van der Waals surface area contributed by atoms with Gasteiger partial charge in [0.1, 0.15) is 5.75 Å². The zero-order valence-electron chi connectivity index (χ0n) is 18.1. The largest absolute Gasteiger partial charge is 0.493 e. The molecule has 168 valence electrons. The fourth-order valence-corrected chi connectivity index (χ4v) is 4.03. The Kier molecular flexibility index (Phi) is 7.53. The molecule has 1 aromatic heterocycles. The Morgan fingerprint density at radius 2 is 1.91 bits per heavy atom. The van der Waals surface area contributed by atoms with Crippen LogP contribution in [-0.2, 0) is 15.6 Å². The third-order valence-corrected chi connectivity index (χ3v) is 5.65. The summed E-state index contributed by atoms with van der Waals surface area (Å²) in [6.07, 6.45) is 2.84. The monoisotopic (exact) mass is 472 g/mol. The Hall–Kier alpha value is -2.90. The van der Waals surface area contributed by atoms with E-state index in [-0.39, 0.29) is 17.6 Å². The Balaban J connectivity index is 1.86. The minimum absolute atomic E-state index is 0.160. The highest BCUT2D eigenvalue weighted by atomic mass is 35.5. The number of hydrogen-bond donors (Lipinski definition) is 1. The molecule has 0 bridgehead atoms. The van der Waals surface area contributed by atoms with Gasteiger partial charge < -0.3 is 10.1 Å².